The van der Waals surface area contributed by atoms with Gasteiger partial charge in [0.25, 0.3) is 0 Å². The Hall–Kier alpha value is -1.64. The summed E-state index contributed by atoms with van der Waals surface area (Å²) in [6, 6.07) is 7.18. The van der Waals surface area contributed by atoms with E-state index in [1.165, 1.54) is 4.57 Å². The van der Waals surface area contributed by atoms with E-state index < -0.39 is 0 Å². The quantitative estimate of drug-likeness (QED) is 0.619. The van der Waals surface area contributed by atoms with Gasteiger partial charge in [-0.1, -0.05) is 12.1 Å². The third-order valence-electron chi connectivity index (χ3n) is 2.04. The molecule has 0 aliphatic carbocycles. The van der Waals surface area contributed by atoms with Gasteiger partial charge in [0.05, 0.1) is 0 Å². The van der Waals surface area contributed by atoms with Crippen LogP contribution in [0.25, 0.3) is 10.8 Å². The second-order valence-corrected chi connectivity index (χ2v) is 2.75. The van der Waals surface area contributed by atoms with E-state index in [0.717, 1.165) is 0 Å². The predicted molar refractivity (Wildman–Crippen MR) is 46.2 cm³/mol. The van der Waals surface area contributed by atoms with Crippen molar-refractivity contribution in [3.05, 3.63) is 24.3 Å². The number of nitrogens with zero attached hydrogens (tertiary/aromatic N) is 1. The van der Waals surface area contributed by atoms with Crippen LogP contribution in [0.2, 0.25) is 0 Å². The first kappa shape index (κ1) is 7.03. The van der Waals surface area contributed by atoms with Crippen molar-refractivity contribution in [3.8, 4) is 11.8 Å². The second-order valence-electron chi connectivity index (χ2n) is 2.75. The van der Waals surface area contributed by atoms with Crippen LogP contribution in [0.15, 0.2) is 24.3 Å². The van der Waals surface area contributed by atoms with Crippen LogP contribution in [0.1, 0.15) is 0 Å². The van der Waals surface area contributed by atoms with E-state index in [1.807, 2.05) is 12.1 Å². The lowest BCUT2D eigenvalue weighted by Crippen LogP contribution is -1.83. The molecular weight excluding hydrogens is 154 g/mol. The molecule has 0 saturated heterocycles. The monoisotopic (exact) mass is 163 g/mol. The molecule has 1 aromatic heterocycles. The van der Waals surface area contributed by atoms with Crippen molar-refractivity contribution in [1.82, 2.24) is 4.57 Å². The summed E-state index contributed by atoms with van der Waals surface area (Å²) >= 11 is 0. The number of rotatable bonds is 0. The standard InChI is InChI=1S/C9H9NO2/c1-10-8(11)6-4-2-3-5-7(6)9(10)12/h2-5,11-12H,1H3. The molecule has 1 aromatic carbocycles. The smallest absolute Gasteiger partial charge is 0.201 e. The molecule has 0 fully saturated rings. The van der Waals surface area contributed by atoms with Crippen LogP contribution in [0.3, 0.4) is 0 Å². The average Bonchev–Trinajstić information content (AvgIpc) is 2.33. The second kappa shape index (κ2) is 2.17. The fourth-order valence-corrected chi connectivity index (χ4v) is 1.33. The van der Waals surface area contributed by atoms with Gasteiger partial charge in [-0.15, -0.1) is 0 Å². The van der Waals surface area contributed by atoms with Crippen LogP contribution in [-0.4, -0.2) is 14.8 Å². The Morgan fingerprint density at radius 2 is 1.42 bits per heavy atom. The molecule has 0 aliphatic rings. The molecule has 2 N–H and O–H groups in total. The Kier molecular flexibility index (Phi) is 1.27. The maximum Gasteiger partial charge on any atom is 0.201 e. The van der Waals surface area contributed by atoms with Crippen molar-refractivity contribution in [2.24, 2.45) is 7.05 Å². The maximum atomic E-state index is 9.48. The Balaban J connectivity index is 2.99. The van der Waals surface area contributed by atoms with Gasteiger partial charge in [-0.25, -0.2) is 0 Å². The molecule has 0 amide bonds. The first-order valence-electron chi connectivity index (χ1n) is 3.67. The number of hydrogen-bond acceptors (Lipinski definition) is 2. The zero-order valence-corrected chi connectivity index (χ0v) is 6.65. The van der Waals surface area contributed by atoms with Crippen LogP contribution in [0.4, 0.5) is 0 Å². The molecule has 1 heterocycles. The van der Waals surface area contributed by atoms with Crippen LogP contribution >= 0.6 is 0 Å². The summed E-state index contributed by atoms with van der Waals surface area (Å²) in [6.45, 7) is 0. The SMILES string of the molecule is Cn1c(O)c2ccccc2c1O. The van der Waals surface area contributed by atoms with Crippen LogP contribution in [-0.2, 0) is 7.05 Å². The summed E-state index contributed by atoms with van der Waals surface area (Å²) in [5, 5.41) is 20.3. The van der Waals surface area contributed by atoms with Crippen molar-refractivity contribution < 1.29 is 10.2 Å². The highest BCUT2D eigenvalue weighted by Gasteiger charge is 2.10. The zero-order valence-electron chi connectivity index (χ0n) is 6.65. The first-order chi connectivity index (χ1) is 5.72. The Morgan fingerprint density at radius 1 is 1.00 bits per heavy atom. The Labute approximate surface area is 69.5 Å². The average molecular weight is 163 g/mol. The van der Waals surface area contributed by atoms with E-state index in [-0.39, 0.29) is 11.8 Å². The van der Waals surface area contributed by atoms with Gasteiger partial charge < -0.3 is 10.2 Å². The van der Waals surface area contributed by atoms with Gasteiger partial charge in [0.15, 0.2) is 0 Å². The van der Waals surface area contributed by atoms with E-state index in [9.17, 15) is 10.2 Å². The molecular formula is C9H9NO2. The molecule has 12 heavy (non-hydrogen) atoms. The van der Waals surface area contributed by atoms with E-state index >= 15 is 0 Å². The third kappa shape index (κ3) is 0.704. The van der Waals surface area contributed by atoms with Gasteiger partial charge in [0.1, 0.15) is 0 Å². The third-order valence-corrected chi connectivity index (χ3v) is 2.04. The van der Waals surface area contributed by atoms with Crippen molar-refractivity contribution in [1.29, 1.82) is 0 Å². The number of hydrogen-bond donors (Lipinski definition) is 2. The molecule has 3 nitrogen and oxygen atoms in total. The van der Waals surface area contributed by atoms with Crippen LogP contribution in [0, 0.1) is 0 Å². The molecule has 0 bridgehead atoms. The van der Waals surface area contributed by atoms with Gasteiger partial charge in [-0.3, -0.25) is 4.57 Å². The van der Waals surface area contributed by atoms with Crippen molar-refractivity contribution in [2.75, 3.05) is 0 Å². The summed E-state index contributed by atoms with van der Waals surface area (Å²) in [5.41, 5.74) is 0. The molecule has 2 rings (SSSR count). The lowest BCUT2D eigenvalue weighted by Gasteiger charge is -1.94. The predicted octanol–water partition coefficient (Wildman–Crippen LogP) is 1.59. The van der Waals surface area contributed by atoms with E-state index in [2.05, 4.69) is 0 Å². The summed E-state index contributed by atoms with van der Waals surface area (Å²) < 4.78 is 1.35. The maximum absolute atomic E-state index is 9.48. The Bertz CT molecular complexity index is 392. The zero-order chi connectivity index (χ0) is 8.72. The van der Waals surface area contributed by atoms with Gasteiger partial charge in [-0.05, 0) is 12.1 Å². The lowest BCUT2D eigenvalue weighted by atomic mass is 10.2. The van der Waals surface area contributed by atoms with Crippen molar-refractivity contribution in [3.63, 3.8) is 0 Å². The molecule has 0 spiro atoms. The van der Waals surface area contributed by atoms with Crippen molar-refractivity contribution in [2.45, 2.75) is 0 Å². The van der Waals surface area contributed by atoms with E-state index in [1.54, 1.807) is 19.2 Å². The molecule has 0 aliphatic heterocycles. The number of fused-ring (bicyclic) bond motifs is 1. The minimum Gasteiger partial charge on any atom is -0.494 e. The normalized spacial score (nSPS) is 10.8. The number of aromatic hydroxyl groups is 2. The molecule has 0 unspecified atom stereocenters. The van der Waals surface area contributed by atoms with Gasteiger partial charge >= 0.3 is 0 Å². The number of aromatic nitrogens is 1. The highest BCUT2D eigenvalue weighted by atomic mass is 16.3. The van der Waals surface area contributed by atoms with Gasteiger partial charge in [-0.2, -0.15) is 0 Å². The number of benzene rings is 1. The molecule has 62 valence electrons. The minimum atomic E-state index is 0.100. The van der Waals surface area contributed by atoms with E-state index in [0.29, 0.717) is 10.8 Å². The molecule has 0 atom stereocenters. The lowest BCUT2D eigenvalue weighted by molar-refractivity contribution is 0.391. The van der Waals surface area contributed by atoms with Gasteiger partial charge in [0.2, 0.25) is 11.8 Å². The highest BCUT2D eigenvalue weighted by molar-refractivity contribution is 5.92. The van der Waals surface area contributed by atoms with E-state index in [4.69, 9.17) is 0 Å². The summed E-state index contributed by atoms with van der Waals surface area (Å²) in [5.74, 6) is 0.200. The minimum absolute atomic E-state index is 0.100. The summed E-state index contributed by atoms with van der Waals surface area (Å²) in [7, 11) is 1.62. The van der Waals surface area contributed by atoms with Crippen LogP contribution < -0.4 is 0 Å². The largest absolute Gasteiger partial charge is 0.494 e. The first-order valence-corrected chi connectivity index (χ1v) is 3.67. The molecule has 0 saturated carbocycles. The fourth-order valence-electron chi connectivity index (χ4n) is 1.33. The van der Waals surface area contributed by atoms with Gasteiger partial charge in [0, 0.05) is 17.8 Å². The highest BCUT2D eigenvalue weighted by Crippen LogP contribution is 2.34. The Morgan fingerprint density at radius 3 is 1.83 bits per heavy atom. The van der Waals surface area contributed by atoms with Crippen LogP contribution in [0.5, 0.6) is 11.8 Å². The fraction of sp³-hybridized carbons (Fsp3) is 0.111. The molecule has 2 aromatic rings. The molecule has 0 radical (unpaired) electrons. The van der Waals surface area contributed by atoms with Crippen molar-refractivity contribution >= 4 is 10.8 Å². The summed E-state index contributed by atoms with van der Waals surface area (Å²) in [6.07, 6.45) is 0. The summed E-state index contributed by atoms with van der Waals surface area (Å²) in [4.78, 5) is 0. The topological polar surface area (TPSA) is 45.4 Å². The molecule has 3 heteroatoms.